The van der Waals surface area contributed by atoms with Crippen LogP contribution in [-0.2, 0) is 14.3 Å². The van der Waals surface area contributed by atoms with Crippen LogP contribution in [0.5, 0.6) is 0 Å². The van der Waals surface area contributed by atoms with Gasteiger partial charge < -0.3 is 4.74 Å². The highest BCUT2D eigenvalue weighted by molar-refractivity contribution is 9.12. The predicted molar refractivity (Wildman–Crippen MR) is 129 cm³/mol. The Labute approximate surface area is 207 Å². The normalized spacial score (nSPS) is 30.0. The van der Waals surface area contributed by atoms with Crippen molar-refractivity contribution in [3.05, 3.63) is 65.2 Å². The molecule has 0 spiro atoms. The molecular weight excluding hydrogens is 554 g/mol. The second-order valence-corrected chi connectivity index (χ2v) is 11.0. The van der Waals surface area contributed by atoms with Crippen LogP contribution in [0.1, 0.15) is 32.7 Å². The summed E-state index contributed by atoms with van der Waals surface area (Å²) in [5.41, 5.74) is 2.03. The summed E-state index contributed by atoms with van der Waals surface area (Å²) in [6.45, 7) is 1.53. The first-order chi connectivity index (χ1) is 15.8. The van der Waals surface area contributed by atoms with Gasteiger partial charge in [0.05, 0.1) is 23.1 Å². The molecule has 1 saturated heterocycles. The van der Waals surface area contributed by atoms with Crippen molar-refractivity contribution in [1.29, 1.82) is 0 Å². The average Bonchev–Trinajstić information content (AvgIpc) is 3.42. The molecule has 2 aromatic rings. The molecule has 0 N–H and O–H groups in total. The minimum absolute atomic E-state index is 0.117. The number of nitrogens with zero attached hydrogens (tertiary/aromatic N) is 1. The first kappa shape index (κ1) is 22.5. The predicted octanol–water partition coefficient (Wildman–Crippen LogP) is 4.32. The average molecular weight is 575 g/mol. The van der Waals surface area contributed by atoms with Crippen LogP contribution in [0.3, 0.4) is 0 Å². The maximum absolute atomic E-state index is 13.2. The summed E-state index contributed by atoms with van der Waals surface area (Å²) in [5, 5.41) is 0. The second-order valence-electron chi connectivity index (χ2n) is 8.93. The van der Waals surface area contributed by atoms with E-state index in [4.69, 9.17) is 4.74 Å². The largest absolute Gasteiger partial charge is 0.454 e. The molecule has 1 heterocycles. The summed E-state index contributed by atoms with van der Waals surface area (Å²) >= 11 is 7.37. The summed E-state index contributed by atoms with van der Waals surface area (Å²) < 4.78 is 5.20. The number of ketones is 1. The molecule has 2 aliphatic carbocycles. The van der Waals surface area contributed by atoms with E-state index in [-0.39, 0.29) is 63.1 Å². The van der Waals surface area contributed by atoms with E-state index in [0.717, 1.165) is 12.0 Å². The van der Waals surface area contributed by atoms with Crippen LogP contribution in [-0.4, -0.2) is 39.8 Å². The number of carbonyl (C=O) groups is 4. The van der Waals surface area contributed by atoms with Gasteiger partial charge in [-0.3, -0.25) is 19.3 Å². The van der Waals surface area contributed by atoms with E-state index in [9.17, 15) is 19.2 Å². The number of alkyl halides is 2. The van der Waals surface area contributed by atoms with Gasteiger partial charge >= 0.3 is 5.97 Å². The fourth-order valence-corrected chi connectivity index (χ4v) is 7.29. The molecule has 2 saturated carbocycles. The first-order valence-electron chi connectivity index (χ1n) is 10.8. The number of esters is 1. The number of ether oxygens (including phenoxy) is 1. The van der Waals surface area contributed by atoms with Gasteiger partial charge in [-0.2, -0.15) is 0 Å². The third-order valence-electron chi connectivity index (χ3n) is 7.04. The Morgan fingerprint density at radius 2 is 1.55 bits per heavy atom. The van der Waals surface area contributed by atoms with Gasteiger partial charge in [0.1, 0.15) is 0 Å². The Morgan fingerprint density at radius 3 is 2.15 bits per heavy atom. The molecule has 2 aromatic carbocycles. The standard InChI is InChI=1S/C25H21Br2NO5/c1-12-5-7-13(8-6-12)18(29)11-33-25(32)14-3-2-4-15(9-14)28-23(30)19-16-10-17(20(19)24(28)31)22(27)21(16)26/h2-9,16-17,19-22H,10-11H2,1H3/t16-,17-,19-,20-,21-,22+/m1/s1. The van der Waals surface area contributed by atoms with Crippen molar-refractivity contribution in [3.8, 4) is 0 Å². The number of imide groups is 1. The summed E-state index contributed by atoms with van der Waals surface area (Å²) in [6, 6.07) is 13.3. The van der Waals surface area contributed by atoms with Gasteiger partial charge in [0.2, 0.25) is 11.8 Å². The van der Waals surface area contributed by atoms with Crippen LogP contribution in [0.4, 0.5) is 5.69 Å². The number of Topliss-reactive ketones (excluding diaryl/α,β-unsaturated/α-hetero) is 1. The zero-order valence-corrected chi connectivity index (χ0v) is 20.9. The summed E-state index contributed by atoms with van der Waals surface area (Å²) in [7, 11) is 0. The summed E-state index contributed by atoms with van der Waals surface area (Å²) in [4.78, 5) is 52.9. The number of halogens is 2. The monoisotopic (exact) mass is 573 g/mol. The lowest BCUT2D eigenvalue weighted by Crippen LogP contribution is -2.37. The number of aryl methyl sites for hydroxylation is 1. The van der Waals surface area contributed by atoms with Crippen molar-refractivity contribution in [1.82, 2.24) is 0 Å². The first-order valence-corrected chi connectivity index (χ1v) is 12.6. The van der Waals surface area contributed by atoms with Crippen molar-refractivity contribution < 1.29 is 23.9 Å². The van der Waals surface area contributed by atoms with E-state index < -0.39 is 5.97 Å². The third-order valence-corrected chi connectivity index (χ3v) is 10.2. The van der Waals surface area contributed by atoms with Crippen LogP contribution < -0.4 is 4.90 Å². The molecule has 0 unspecified atom stereocenters. The molecule has 170 valence electrons. The van der Waals surface area contributed by atoms with Crippen molar-refractivity contribution in [3.63, 3.8) is 0 Å². The van der Waals surface area contributed by atoms with Crippen LogP contribution in [0.2, 0.25) is 0 Å². The summed E-state index contributed by atoms with van der Waals surface area (Å²) in [6.07, 6.45) is 0.855. The number of fused-ring (bicyclic) bond motifs is 5. The van der Waals surface area contributed by atoms with Crippen LogP contribution in [0, 0.1) is 30.6 Å². The van der Waals surface area contributed by atoms with E-state index in [1.807, 2.05) is 19.1 Å². The van der Waals surface area contributed by atoms with Crippen molar-refractivity contribution in [2.24, 2.45) is 23.7 Å². The zero-order valence-electron chi connectivity index (χ0n) is 17.7. The Morgan fingerprint density at radius 1 is 0.939 bits per heavy atom. The summed E-state index contributed by atoms with van der Waals surface area (Å²) in [5.74, 6) is -1.83. The molecule has 3 aliphatic rings. The Bertz CT molecular complexity index is 1130. The molecule has 1 aliphatic heterocycles. The number of anilines is 1. The van der Waals surface area contributed by atoms with E-state index in [2.05, 4.69) is 31.9 Å². The van der Waals surface area contributed by atoms with Crippen molar-refractivity contribution >= 4 is 61.1 Å². The van der Waals surface area contributed by atoms with E-state index in [1.165, 1.54) is 11.0 Å². The molecule has 6 nitrogen and oxygen atoms in total. The van der Waals surface area contributed by atoms with Gasteiger partial charge in [0.15, 0.2) is 12.4 Å². The molecular formula is C25H21Br2NO5. The van der Waals surface area contributed by atoms with Crippen molar-refractivity contribution in [2.45, 2.75) is 23.0 Å². The number of amides is 2. The quantitative estimate of drug-likeness (QED) is 0.230. The lowest BCUT2D eigenvalue weighted by Gasteiger charge is -2.28. The lowest BCUT2D eigenvalue weighted by molar-refractivity contribution is -0.123. The number of hydrogen-bond acceptors (Lipinski definition) is 5. The number of rotatable bonds is 5. The zero-order chi connectivity index (χ0) is 23.4. The van der Waals surface area contributed by atoms with Gasteiger partial charge in [-0.1, -0.05) is 67.8 Å². The van der Waals surface area contributed by atoms with Crippen LogP contribution >= 0.6 is 31.9 Å². The highest BCUT2D eigenvalue weighted by Crippen LogP contribution is 2.60. The maximum Gasteiger partial charge on any atom is 0.338 e. The highest BCUT2D eigenvalue weighted by atomic mass is 79.9. The van der Waals surface area contributed by atoms with Gasteiger partial charge in [-0.25, -0.2) is 4.79 Å². The highest BCUT2D eigenvalue weighted by Gasteiger charge is 2.66. The Kier molecular flexibility index (Phi) is 5.77. The lowest BCUT2D eigenvalue weighted by atomic mass is 9.81. The second kappa shape index (κ2) is 8.47. The van der Waals surface area contributed by atoms with Gasteiger partial charge in [0, 0.05) is 15.2 Å². The number of hydrogen-bond donors (Lipinski definition) is 0. The molecule has 2 bridgehead atoms. The fraction of sp³-hybridized carbons (Fsp3) is 0.360. The molecule has 5 rings (SSSR count). The molecule has 0 aromatic heterocycles. The van der Waals surface area contributed by atoms with E-state index in [1.54, 1.807) is 30.3 Å². The minimum atomic E-state index is -0.683. The van der Waals surface area contributed by atoms with Crippen LogP contribution in [0.25, 0.3) is 0 Å². The SMILES string of the molecule is Cc1ccc(C(=O)COC(=O)c2cccc(N3C(=O)[C@@H]4[C@H]5C[C@@H]([C@@H](Br)[C@H]5Br)[C@H]4C3=O)c2)cc1. The molecule has 0 radical (unpaired) electrons. The molecule has 33 heavy (non-hydrogen) atoms. The molecule has 3 fully saturated rings. The molecule has 2 amide bonds. The number of carbonyl (C=O) groups excluding carboxylic acids is 4. The van der Waals surface area contributed by atoms with Crippen molar-refractivity contribution in [2.75, 3.05) is 11.5 Å². The van der Waals surface area contributed by atoms with E-state index in [0.29, 0.717) is 11.3 Å². The third kappa shape index (κ3) is 3.67. The Balaban J connectivity index is 1.31. The maximum atomic E-state index is 13.2. The Hall–Kier alpha value is -2.32. The number of benzene rings is 2. The minimum Gasteiger partial charge on any atom is -0.454 e. The van der Waals surface area contributed by atoms with Gasteiger partial charge in [0.25, 0.3) is 0 Å². The molecule has 8 heteroatoms. The fourth-order valence-electron chi connectivity index (χ4n) is 5.41. The van der Waals surface area contributed by atoms with Crippen LogP contribution in [0.15, 0.2) is 48.5 Å². The molecule has 6 atom stereocenters. The topological polar surface area (TPSA) is 80.8 Å². The van der Waals surface area contributed by atoms with Gasteiger partial charge in [-0.15, -0.1) is 0 Å². The van der Waals surface area contributed by atoms with E-state index >= 15 is 0 Å². The smallest absolute Gasteiger partial charge is 0.338 e. The van der Waals surface area contributed by atoms with Gasteiger partial charge in [-0.05, 0) is 43.4 Å².